The van der Waals surface area contributed by atoms with E-state index in [1.165, 1.54) is 0 Å². The van der Waals surface area contributed by atoms with Crippen molar-refractivity contribution >= 4 is 5.91 Å². The molecule has 1 atom stereocenters. The molecule has 1 aliphatic rings. The van der Waals surface area contributed by atoms with Gasteiger partial charge >= 0.3 is 0 Å². The predicted molar refractivity (Wildman–Crippen MR) is 78.3 cm³/mol. The minimum Gasteiger partial charge on any atom is -0.456 e. The normalized spacial score (nSPS) is 22.0. The fourth-order valence-electron chi connectivity index (χ4n) is 3.03. The zero-order valence-corrected chi connectivity index (χ0v) is 12.8. The Balaban J connectivity index is 1.75. The number of nitrogens with zero attached hydrogens (tertiary/aromatic N) is 4. The van der Waals surface area contributed by atoms with Crippen LogP contribution >= 0.6 is 0 Å². The molecule has 1 aliphatic heterocycles. The second kappa shape index (κ2) is 5.57. The predicted octanol–water partition coefficient (Wildman–Crippen LogP) is 1.16. The maximum Gasteiger partial charge on any atom is 0.289 e. The van der Waals surface area contributed by atoms with E-state index in [4.69, 9.17) is 4.42 Å². The molecule has 0 spiro atoms. The lowest BCUT2D eigenvalue weighted by atomic mass is 9.92. The van der Waals surface area contributed by atoms with E-state index in [1.807, 2.05) is 19.9 Å². The molecule has 1 saturated heterocycles. The standard InChI is InChI=1S/C15H20N4O3/c1-11-8-12(2)22-13(11)14(20)18-6-3-4-15(21,9-18)10-19-7-5-16-17-19/h5,7-8,21H,3-4,6,9-10H2,1-2H3. The molecule has 0 radical (unpaired) electrons. The van der Waals surface area contributed by atoms with Crippen LogP contribution in [-0.4, -0.2) is 49.6 Å². The summed E-state index contributed by atoms with van der Waals surface area (Å²) in [4.78, 5) is 14.3. The Kier molecular flexibility index (Phi) is 3.74. The van der Waals surface area contributed by atoms with Gasteiger partial charge in [-0.25, -0.2) is 4.68 Å². The lowest BCUT2D eigenvalue weighted by Crippen LogP contribution is -2.52. The average Bonchev–Trinajstić information content (AvgIpc) is 3.07. The van der Waals surface area contributed by atoms with Gasteiger partial charge in [-0.1, -0.05) is 5.21 Å². The van der Waals surface area contributed by atoms with E-state index in [2.05, 4.69) is 10.3 Å². The Morgan fingerprint density at radius 3 is 2.95 bits per heavy atom. The fourth-order valence-corrected chi connectivity index (χ4v) is 3.03. The molecular weight excluding hydrogens is 284 g/mol. The number of carbonyl (C=O) groups is 1. The van der Waals surface area contributed by atoms with Crippen LogP contribution in [0.5, 0.6) is 0 Å². The van der Waals surface area contributed by atoms with Crippen molar-refractivity contribution in [3.8, 4) is 0 Å². The number of aromatic nitrogens is 3. The first kappa shape index (κ1) is 14.8. The summed E-state index contributed by atoms with van der Waals surface area (Å²) in [5.74, 6) is 0.917. The van der Waals surface area contributed by atoms with Crippen molar-refractivity contribution in [3.05, 3.63) is 35.5 Å². The zero-order chi connectivity index (χ0) is 15.7. The van der Waals surface area contributed by atoms with Crippen LogP contribution in [0.2, 0.25) is 0 Å². The number of piperidine rings is 1. The van der Waals surface area contributed by atoms with Crippen LogP contribution in [0, 0.1) is 13.8 Å². The van der Waals surface area contributed by atoms with E-state index < -0.39 is 5.60 Å². The van der Waals surface area contributed by atoms with Gasteiger partial charge in [-0.2, -0.15) is 0 Å². The van der Waals surface area contributed by atoms with Crippen LogP contribution < -0.4 is 0 Å². The molecule has 118 valence electrons. The maximum atomic E-state index is 12.6. The minimum atomic E-state index is -0.989. The molecule has 0 saturated carbocycles. The van der Waals surface area contributed by atoms with Crippen LogP contribution in [-0.2, 0) is 6.54 Å². The molecule has 0 bridgehead atoms. The fraction of sp³-hybridized carbons (Fsp3) is 0.533. The lowest BCUT2D eigenvalue weighted by molar-refractivity contribution is -0.0394. The van der Waals surface area contributed by atoms with Crippen LogP contribution in [0.15, 0.2) is 22.9 Å². The number of likely N-dealkylation sites (tertiary alicyclic amines) is 1. The average molecular weight is 304 g/mol. The van der Waals surface area contributed by atoms with E-state index >= 15 is 0 Å². The van der Waals surface area contributed by atoms with Gasteiger partial charge in [-0.15, -0.1) is 5.10 Å². The molecule has 3 rings (SSSR count). The molecule has 7 heteroatoms. The van der Waals surface area contributed by atoms with Crippen LogP contribution in [0.25, 0.3) is 0 Å². The highest BCUT2D eigenvalue weighted by Gasteiger charge is 2.37. The molecule has 1 amide bonds. The van der Waals surface area contributed by atoms with Crippen molar-refractivity contribution in [2.24, 2.45) is 0 Å². The number of rotatable bonds is 3. The van der Waals surface area contributed by atoms with Crippen LogP contribution in [0.3, 0.4) is 0 Å². The van der Waals surface area contributed by atoms with Crippen molar-refractivity contribution in [2.75, 3.05) is 13.1 Å². The van der Waals surface area contributed by atoms with Crippen molar-refractivity contribution in [3.63, 3.8) is 0 Å². The summed E-state index contributed by atoms with van der Waals surface area (Å²) in [6, 6.07) is 1.85. The summed E-state index contributed by atoms with van der Waals surface area (Å²) in [5.41, 5.74) is -0.162. The molecule has 1 unspecified atom stereocenters. The third-order valence-corrected chi connectivity index (χ3v) is 4.01. The zero-order valence-electron chi connectivity index (χ0n) is 12.8. The summed E-state index contributed by atoms with van der Waals surface area (Å²) in [6.45, 7) is 4.89. The van der Waals surface area contributed by atoms with Gasteiger partial charge in [0.15, 0.2) is 5.76 Å². The molecule has 2 aromatic heterocycles. The summed E-state index contributed by atoms with van der Waals surface area (Å²) in [6.07, 6.45) is 4.66. The van der Waals surface area contributed by atoms with Gasteiger partial charge in [-0.3, -0.25) is 4.79 Å². The number of carbonyl (C=O) groups excluding carboxylic acids is 1. The lowest BCUT2D eigenvalue weighted by Gasteiger charge is -2.38. The molecule has 0 aromatic carbocycles. The Hall–Kier alpha value is -2.15. The summed E-state index contributed by atoms with van der Waals surface area (Å²) in [7, 11) is 0. The Morgan fingerprint density at radius 1 is 1.50 bits per heavy atom. The Morgan fingerprint density at radius 2 is 2.32 bits per heavy atom. The van der Waals surface area contributed by atoms with Gasteiger partial charge < -0.3 is 14.4 Å². The number of β-amino-alcohol motifs (C(OH)–C–C–N with tert-alkyl or cyclic N) is 1. The number of hydrogen-bond donors (Lipinski definition) is 1. The van der Waals surface area contributed by atoms with Crippen molar-refractivity contribution in [1.82, 2.24) is 19.9 Å². The maximum absolute atomic E-state index is 12.6. The Labute approximate surface area is 128 Å². The molecule has 7 nitrogen and oxygen atoms in total. The van der Waals surface area contributed by atoms with Crippen molar-refractivity contribution in [1.29, 1.82) is 0 Å². The monoisotopic (exact) mass is 304 g/mol. The number of furan rings is 1. The molecule has 2 aromatic rings. The summed E-state index contributed by atoms with van der Waals surface area (Å²) in [5, 5.41) is 18.4. The van der Waals surface area contributed by atoms with Gasteiger partial charge in [-0.05, 0) is 32.8 Å². The number of aliphatic hydroxyl groups is 1. The quantitative estimate of drug-likeness (QED) is 0.919. The second-order valence-corrected chi connectivity index (χ2v) is 6.02. The highest BCUT2D eigenvalue weighted by molar-refractivity contribution is 5.93. The topological polar surface area (TPSA) is 84.4 Å². The SMILES string of the molecule is Cc1cc(C)c(C(=O)N2CCCC(O)(Cn3ccnn3)C2)o1. The van der Waals surface area contributed by atoms with Gasteiger partial charge in [0.1, 0.15) is 11.4 Å². The molecular formula is C15H20N4O3. The van der Waals surface area contributed by atoms with E-state index in [1.54, 1.807) is 22.0 Å². The second-order valence-electron chi connectivity index (χ2n) is 6.02. The van der Waals surface area contributed by atoms with Crippen molar-refractivity contribution in [2.45, 2.75) is 38.8 Å². The van der Waals surface area contributed by atoms with Gasteiger partial charge in [0, 0.05) is 18.3 Å². The molecule has 3 heterocycles. The first-order valence-electron chi connectivity index (χ1n) is 7.40. The first-order chi connectivity index (χ1) is 10.5. The number of amides is 1. The van der Waals surface area contributed by atoms with Crippen molar-refractivity contribution < 1.29 is 14.3 Å². The minimum absolute atomic E-state index is 0.165. The smallest absolute Gasteiger partial charge is 0.289 e. The van der Waals surface area contributed by atoms with E-state index in [0.717, 1.165) is 17.7 Å². The molecule has 0 aliphatic carbocycles. The van der Waals surface area contributed by atoms with Gasteiger partial charge in [0.25, 0.3) is 5.91 Å². The van der Waals surface area contributed by atoms with Gasteiger partial charge in [0.05, 0.1) is 19.3 Å². The number of aryl methyl sites for hydroxylation is 2. The van der Waals surface area contributed by atoms with Crippen LogP contribution in [0.1, 0.15) is 34.7 Å². The van der Waals surface area contributed by atoms with Crippen LogP contribution in [0.4, 0.5) is 0 Å². The van der Waals surface area contributed by atoms with Gasteiger partial charge in [0.2, 0.25) is 0 Å². The number of hydrogen-bond acceptors (Lipinski definition) is 5. The summed E-state index contributed by atoms with van der Waals surface area (Å²) < 4.78 is 7.10. The third-order valence-electron chi connectivity index (χ3n) is 4.01. The largest absolute Gasteiger partial charge is 0.456 e. The highest BCUT2D eigenvalue weighted by Crippen LogP contribution is 2.25. The van der Waals surface area contributed by atoms with E-state index in [9.17, 15) is 9.90 Å². The van der Waals surface area contributed by atoms with E-state index in [-0.39, 0.29) is 12.5 Å². The Bertz CT molecular complexity index is 664. The van der Waals surface area contributed by atoms with E-state index in [0.29, 0.717) is 25.3 Å². The molecule has 1 N–H and O–H groups in total. The molecule has 1 fully saturated rings. The first-order valence-corrected chi connectivity index (χ1v) is 7.40. The third kappa shape index (κ3) is 2.89. The molecule has 22 heavy (non-hydrogen) atoms. The summed E-state index contributed by atoms with van der Waals surface area (Å²) >= 11 is 0. The highest BCUT2D eigenvalue weighted by atomic mass is 16.4.